The van der Waals surface area contributed by atoms with Gasteiger partial charge in [-0.3, -0.25) is 0 Å². The highest BCUT2D eigenvalue weighted by Crippen LogP contribution is 2.56. The number of esters is 1. The molecule has 220 valence electrons. The van der Waals surface area contributed by atoms with E-state index in [-0.39, 0.29) is 28.9 Å². The topological polar surface area (TPSA) is 47.6 Å². The molecule has 0 aromatic heterocycles. The van der Waals surface area contributed by atoms with Crippen LogP contribution in [0.3, 0.4) is 0 Å². The number of ether oxygens (including phenoxy) is 1. The number of hydrogen-bond donors (Lipinski definition) is 1. The van der Waals surface area contributed by atoms with Crippen LogP contribution in [0, 0.1) is 11.8 Å². The normalized spacial score (nSPS) is 25.6. The van der Waals surface area contributed by atoms with Crippen LogP contribution in [0.4, 0.5) is 14.5 Å². The Morgan fingerprint density at radius 1 is 1.10 bits per heavy atom. The first kappa shape index (κ1) is 31.0. The Hall–Kier alpha value is -1.96. The van der Waals surface area contributed by atoms with Crippen LogP contribution in [0.5, 0.6) is 0 Å². The van der Waals surface area contributed by atoms with Gasteiger partial charge in [-0.1, -0.05) is 62.7 Å². The average Bonchev–Trinajstić information content (AvgIpc) is 3.19. The third-order valence-electron chi connectivity index (χ3n) is 9.99. The van der Waals surface area contributed by atoms with Gasteiger partial charge in [-0.15, -0.1) is 0 Å². The lowest BCUT2D eigenvalue weighted by Gasteiger charge is -2.48. The fraction of sp³-hybridized carbons (Fsp3) is 0.594. The molecule has 2 aliphatic carbocycles. The summed E-state index contributed by atoms with van der Waals surface area (Å²) in [6, 6.07) is 15.7. The summed E-state index contributed by atoms with van der Waals surface area (Å²) in [6.45, 7) is 10.7. The Labute approximate surface area is 244 Å². The highest BCUT2D eigenvalue weighted by Gasteiger charge is 2.55. The molecule has 0 saturated heterocycles. The second kappa shape index (κ2) is 11.7. The molecule has 4 nitrogen and oxygen atoms in total. The highest BCUT2D eigenvalue weighted by atomic mass is 35.5. The summed E-state index contributed by atoms with van der Waals surface area (Å²) < 4.78 is 40.6. The maximum Gasteiger partial charge on any atom is 0.331 e. The Balaban J connectivity index is 1.60. The Bertz CT molecular complexity index is 1190. The number of alkyl halides is 2. The average molecular weight is 592 g/mol. The van der Waals surface area contributed by atoms with Crippen molar-refractivity contribution in [2.75, 3.05) is 19.0 Å². The minimum Gasteiger partial charge on any atom is -0.467 e. The van der Waals surface area contributed by atoms with E-state index in [1.54, 1.807) is 12.1 Å². The summed E-state index contributed by atoms with van der Waals surface area (Å²) in [5.74, 6) is -1.09. The minimum absolute atomic E-state index is 0.0406. The van der Waals surface area contributed by atoms with E-state index in [4.69, 9.17) is 20.8 Å². The van der Waals surface area contributed by atoms with Crippen molar-refractivity contribution in [1.82, 2.24) is 0 Å². The quantitative estimate of drug-likeness (QED) is 0.234. The summed E-state index contributed by atoms with van der Waals surface area (Å²) in [4.78, 5) is 13.2. The van der Waals surface area contributed by atoms with Crippen LogP contribution in [0.1, 0.15) is 64.0 Å². The molecule has 1 fully saturated rings. The maximum atomic E-state index is 14.5. The number of carbonyl (C=O) groups is 1. The Kier molecular flexibility index (Phi) is 9.09. The molecule has 4 rings (SSSR count). The summed E-state index contributed by atoms with van der Waals surface area (Å²) in [5, 5.41) is 3.99. The minimum atomic E-state index is -2.45. The lowest BCUT2D eigenvalue weighted by Crippen LogP contribution is -2.53. The largest absolute Gasteiger partial charge is 0.467 e. The van der Waals surface area contributed by atoms with Crippen LogP contribution < -0.4 is 5.32 Å². The molecule has 2 unspecified atom stereocenters. The van der Waals surface area contributed by atoms with Crippen molar-refractivity contribution in [3.05, 3.63) is 64.7 Å². The van der Waals surface area contributed by atoms with E-state index in [0.29, 0.717) is 37.1 Å². The van der Waals surface area contributed by atoms with Gasteiger partial charge >= 0.3 is 5.97 Å². The van der Waals surface area contributed by atoms with Crippen molar-refractivity contribution in [3.8, 4) is 0 Å². The van der Waals surface area contributed by atoms with E-state index >= 15 is 0 Å². The second-order valence-electron chi connectivity index (χ2n) is 13.3. The van der Waals surface area contributed by atoms with E-state index in [2.05, 4.69) is 51.3 Å². The molecule has 0 heterocycles. The standard InChI is InChI=1S/C32H44ClF2NO3Si/c1-30(2,3)40(5,6)39-21-23(28(34)35)19-24-18-22-10-7-8-13-27(22)31(24)14-16-32(17-15-31,29(37)38-4)36-26-12-9-11-25(33)20-26/h7-13,20,23-24,28,36H,14-19,21H2,1-6H3. The first-order valence-corrected chi connectivity index (χ1v) is 17.6. The molecule has 2 aromatic carbocycles. The van der Waals surface area contributed by atoms with Gasteiger partial charge in [-0.25, -0.2) is 13.6 Å². The predicted octanol–water partition coefficient (Wildman–Crippen LogP) is 8.64. The van der Waals surface area contributed by atoms with E-state index in [9.17, 15) is 13.6 Å². The molecule has 1 saturated carbocycles. The van der Waals surface area contributed by atoms with Crippen LogP contribution in [-0.2, 0) is 25.8 Å². The molecule has 0 aliphatic heterocycles. The van der Waals surface area contributed by atoms with Crippen LogP contribution in [0.15, 0.2) is 48.5 Å². The fourth-order valence-corrected chi connectivity index (χ4v) is 7.79. The van der Waals surface area contributed by atoms with Crippen molar-refractivity contribution in [2.24, 2.45) is 11.8 Å². The molecule has 2 atom stereocenters. The van der Waals surface area contributed by atoms with Crippen molar-refractivity contribution < 1.29 is 22.7 Å². The van der Waals surface area contributed by atoms with E-state index in [0.717, 1.165) is 12.1 Å². The number of anilines is 1. The third kappa shape index (κ3) is 6.12. The lowest BCUT2D eigenvalue weighted by atomic mass is 9.59. The monoisotopic (exact) mass is 591 g/mol. The Morgan fingerprint density at radius 2 is 1.77 bits per heavy atom. The van der Waals surface area contributed by atoms with E-state index < -0.39 is 26.2 Å². The van der Waals surface area contributed by atoms with Gasteiger partial charge in [0.1, 0.15) is 5.54 Å². The number of rotatable bonds is 9. The van der Waals surface area contributed by atoms with Crippen LogP contribution in [0.2, 0.25) is 23.2 Å². The van der Waals surface area contributed by atoms with E-state index in [1.165, 1.54) is 18.2 Å². The van der Waals surface area contributed by atoms with Crippen LogP contribution in [0.25, 0.3) is 0 Å². The van der Waals surface area contributed by atoms with Gasteiger partial charge in [-0.05, 0) is 97.3 Å². The summed E-state index contributed by atoms with van der Waals surface area (Å²) in [7, 11) is -0.746. The molecule has 1 N–H and O–H groups in total. The molecule has 0 amide bonds. The maximum absolute atomic E-state index is 14.5. The summed E-state index contributed by atoms with van der Waals surface area (Å²) in [6.07, 6.45) is 1.20. The van der Waals surface area contributed by atoms with Gasteiger partial charge in [0.2, 0.25) is 6.43 Å². The fourth-order valence-electron chi connectivity index (χ4n) is 6.53. The van der Waals surface area contributed by atoms with E-state index in [1.807, 2.05) is 24.3 Å². The molecule has 40 heavy (non-hydrogen) atoms. The second-order valence-corrected chi connectivity index (χ2v) is 18.6. The zero-order chi connectivity index (χ0) is 29.3. The number of benzene rings is 2. The molecule has 0 radical (unpaired) electrons. The number of carbonyl (C=O) groups excluding carboxylic acids is 1. The van der Waals surface area contributed by atoms with Crippen molar-refractivity contribution in [3.63, 3.8) is 0 Å². The Morgan fingerprint density at radius 3 is 2.38 bits per heavy atom. The van der Waals surface area contributed by atoms with Gasteiger partial charge < -0.3 is 14.5 Å². The first-order valence-electron chi connectivity index (χ1n) is 14.4. The summed E-state index contributed by atoms with van der Waals surface area (Å²) >= 11 is 6.22. The molecule has 1 spiro atoms. The zero-order valence-electron chi connectivity index (χ0n) is 24.7. The van der Waals surface area contributed by atoms with Crippen LogP contribution >= 0.6 is 11.6 Å². The molecule has 2 aromatic rings. The van der Waals surface area contributed by atoms with Crippen molar-refractivity contribution in [1.29, 1.82) is 0 Å². The predicted molar refractivity (Wildman–Crippen MR) is 161 cm³/mol. The molecular formula is C32H44ClF2NO3Si. The van der Waals surface area contributed by atoms with Crippen molar-refractivity contribution in [2.45, 2.75) is 94.8 Å². The third-order valence-corrected chi connectivity index (χ3v) is 14.7. The highest BCUT2D eigenvalue weighted by molar-refractivity contribution is 6.74. The number of methoxy groups -OCH3 is 1. The molecule has 0 bridgehead atoms. The molecular weight excluding hydrogens is 548 g/mol. The van der Waals surface area contributed by atoms with Gasteiger partial charge in [-0.2, -0.15) is 0 Å². The smallest absolute Gasteiger partial charge is 0.331 e. The lowest BCUT2D eigenvalue weighted by molar-refractivity contribution is -0.148. The van der Waals surface area contributed by atoms with Gasteiger partial charge in [0, 0.05) is 23.2 Å². The number of fused-ring (bicyclic) bond motifs is 2. The van der Waals surface area contributed by atoms with Crippen LogP contribution in [-0.4, -0.2) is 40.0 Å². The number of halogens is 3. The van der Waals surface area contributed by atoms with Gasteiger partial charge in [0.25, 0.3) is 0 Å². The number of hydrogen-bond acceptors (Lipinski definition) is 4. The van der Waals surface area contributed by atoms with Gasteiger partial charge in [0.15, 0.2) is 8.32 Å². The van der Waals surface area contributed by atoms with Crippen molar-refractivity contribution >= 4 is 31.6 Å². The molecule has 8 heteroatoms. The zero-order valence-corrected chi connectivity index (χ0v) is 26.4. The van der Waals surface area contributed by atoms with Gasteiger partial charge in [0.05, 0.1) is 7.11 Å². The summed E-state index contributed by atoms with van der Waals surface area (Å²) in [5.41, 5.74) is 2.07. The first-order chi connectivity index (χ1) is 18.7. The molecule has 2 aliphatic rings. The SMILES string of the molecule is COC(=O)C1(Nc2cccc(Cl)c2)CCC2(CC1)c1ccccc1CC2CC(CO[Si](C)(C)C(C)(C)C)C(F)F. The number of nitrogens with one attached hydrogen (secondary N) is 1.